The van der Waals surface area contributed by atoms with E-state index in [9.17, 15) is 4.79 Å². The van der Waals surface area contributed by atoms with Crippen molar-refractivity contribution in [3.63, 3.8) is 0 Å². The highest BCUT2D eigenvalue weighted by molar-refractivity contribution is 5.99. The molecule has 0 unspecified atom stereocenters. The number of hydrogen-bond donors (Lipinski definition) is 1. The molecule has 0 saturated carbocycles. The first kappa shape index (κ1) is 14.1. The van der Waals surface area contributed by atoms with Crippen LogP contribution < -0.4 is 5.32 Å². The predicted molar refractivity (Wildman–Crippen MR) is 80.8 cm³/mol. The molecule has 0 aliphatic rings. The van der Waals surface area contributed by atoms with Gasteiger partial charge in [0.05, 0.1) is 5.56 Å². The maximum Gasteiger partial charge on any atom is 0.255 e. The number of benzene rings is 1. The molecule has 1 N–H and O–H groups in total. The van der Waals surface area contributed by atoms with Crippen LogP contribution in [0.3, 0.4) is 0 Å². The Morgan fingerprint density at radius 3 is 2.80 bits per heavy atom. The van der Waals surface area contributed by atoms with E-state index in [0.29, 0.717) is 12.1 Å². The number of hydrogen-bond acceptors (Lipinski definition) is 3. The summed E-state index contributed by atoms with van der Waals surface area (Å²) >= 11 is 0. The molecule has 1 heterocycles. The van der Waals surface area contributed by atoms with Gasteiger partial charge in [0.2, 0.25) is 0 Å². The summed E-state index contributed by atoms with van der Waals surface area (Å²) in [6, 6.07) is 9.63. The molecule has 0 radical (unpaired) electrons. The van der Waals surface area contributed by atoms with E-state index < -0.39 is 0 Å². The van der Waals surface area contributed by atoms with Crippen molar-refractivity contribution in [3.8, 4) is 0 Å². The first-order valence-electron chi connectivity index (χ1n) is 6.54. The largest absolute Gasteiger partial charge is 0.387 e. The number of anilines is 1. The zero-order valence-corrected chi connectivity index (χ0v) is 12.1. The molecule has 0 aliphatic heterocycles. The molecule has 1 aromatic carbocycles. The lowest BCUT2D eigenvalue weighted by Gasteiger charge is -2.19. The second-order valence-electron chi connectivity index (χ2n) is 4.82. The van der Waals surface area contributed by atoms with Crippen molar-refractivity contribution in [1.29, 1.82) is 0 Å². The van der Waals surface area contributed by atoms with Gasteiger partial charge in [-0.25, -0.2) is 0 Å². The van der Waals surface area contributed by atoms with E-state index in [0.717, 1.165) is 16.8 Å². The Morgan fingerprint density at radius 2 is 2.15 bits per heavy atom. The molecule has 1 aromatic heterocycles. The summed E-state index contributed by atoms with van der Waals surface area (Å²) in [7, 11) is 3.63. The first-order valence-corrected chi connectivity index (χ1v) is 6.54. The highest BCUT2D eigenvalue weighted by Gasteiger charge is 2.15. The molecular formula is C16H19N3O. The van der Waals surface area contributed by atoms with E-state index in [1.807, 2.05) is 44.3 Å². The molecule has 2 rings (SSSR count). The Kier molecular flexibility index (Phi) is 4.35. The van der Waals surface area contributed by atoms with Crippen LogP contribution in [0.4, 0.5) is 5.69 Å². The Bertz CT molecular complexity index is 596. The van der Waals surface area contributed by atoms with Crippen molar-refractivity contribution in [3.05, 3.63) is 59.4 Å². The molecule has 4 heteroatoms. The van der Waals surface area contributed by atoms with Crippen LogP contribution in [0.2, 0.25) is 0 Å². The van der Waals surface area contributed by atoms with E-state index in [4.69, 9.17) is 0 Å². The molecule has 20 heavy (non-hydrogen) atoms. The Balaban J connectivity index is 2.18. The molecule has 0 fully saturated rings. The predicted octanol–water partition coefficient (Wildman–Crippen LogP) is 2.70. The number of aromatic nitrogens is 1. The topological polar surface area (TPSA) is 45.2 Å². The molecule has 2 aromatic rings. The number of rotatable bonds is 4. The molecule has 0 spiro atoms. The van der Waals surface area contributed by atoms with Crippen LogP contribution in [0.5, 0.6) is 0 Å². The molecule has 104 valence electrons. The molecule has 1 amide bonds. The van der Waals surface area contributed by atoms with Crippen molar-refractivity contribution in [2.45, 2.75) is 13.5 Å². The third kappa shape index (κ3) is 3.15. The minimum atomic E-state index is -0.00166. The third-order valence-corrected chi connectivity index (χ3v) is 3.16. The van der Waals surface area contributed by atoms with Gasteiger partial charge in [-0.05, 0) is 36.2 Å². The first-order chi connectivity index (χ1) is 9.61. The molecule has 0 atom stereocenters. The van der Waals surface area contributed by atoms with Gasteiger partial charge in [0.25, 0.3) is 5.91 Å². The highest BCUT2D eigenvalue weighted by atomic mass is 16.2. The van der Waals surface area contributed by atoms with Crippen LogP contribution in [0, 0.1) is 6.92 Å². The molecule has 0 aliphatic carbocycles. The lowest BCUT2D eigenvalue weighted by Crippen LogP contribution is -2.27. The van der Waals surface area contributed by atoms with Gasteiger partial charge in [-0.1, -0.05) is 12.1 Å². The number of nitrogens with zero attached hydrogens (tertiary/aromatic N) is 2. The van der Waals surface area contributed by atoms with Gasteiger partial charge in [-0.3, -0.25) is 9.78 Å². The second-order valence-corrected chi connectivity index (χ2v) is 4.82. The molecule has 0 bridgehead atoms. The number of carbonyl (C=O) groups is 1. The molecule has 0 saturated heterocycles. The van der Waals surface area contributed by atoms with E-state index in [2.05, 4.69) is 10.3 Å². The summed E-state index contributed by atoms with van der Waals surface area (Å²) in [6.07, 6.45) is 3.50. The smallest absolute Gasteiger partial charge is 0.255 e. The van der Waals surface area contributed by atoms with E-state index in [-0.39, 0.29) is 5.91 Å². The lowest BCUT2D eigenvalue weighted by atomic mass is 10.1. The monoisotopic (exact) mass is 269 g/mol. The van der Waals surface area contributed by atoms with Crippen molar-refractivity contribution in [2.24, 2.45) is 0 Å². The number of carbonyl (C=O) groups excluding carboxylic acids is 1. The third-order valence-electron chi connectivity index (χ3n) is 3.16. The maximum absolute atomic E-state index is 12.5. The quantitative estimate of drug-likeness (QED) is 0.928. The SMILES string of the molecule is CNc1cc(C)ccc1C(=O)N(C)Cc1cccnc1. The Labute approximate surface area is 119 Å². The van der Waals surface area contributed by atoms with E-state index in [1.165, 1.54) is 0 Å². The molecule has 4 nitrogen and oxygen atoms in total. The van der Waals surface area contributed by atoms with Gasteiger partial charge in [-0.15, -0.1) is 0 Å². The van der Waals surface area contributed by atoms with Gasteiger partial charge in [0.15, 0.2) is 0 Å². The van der Waals surface area contributed by atoms with Crippen LogP contribution in [0.15, 0.2) is 42.7 Å². The van der Waals surface area contributed by atoms with Gasteiger partial charge >= 0.3 is 0 Å². The highest BCUT2D eigenvalue weighted by Crippen LogP contribution is 2.19. The summed E-state index contributed by atoms with van der Waals surface area (Å²) in [5, 5.41) is 3.08. The summed E-state index contributed by atoms with van der Waals surface area (Å²) in [5.41, 5.74) is 3.68. The summed E-state index contributed by atoms with van der Waals surface area (Å²) in [6.45, 7) is 2.55. The fourth-order valence-corrected chi connectivity index (χ4v) is 2.09. The average molecular weight is 269 g/mol. The minimum Gasteiger partial charge on any atom is -0.387 e. The van der Waals surface area contributed by atoms with Gasteiger partial charge in [0, 0.05) is 38.7 Å². The van der Waals surface area contributed by atoms with E-state index >= 15 is 0 Å². The average Bonchev–Trinajstić information content (AvgIpc) is 2.47. The number of amides is 1. The summed E-state index contributed by atoms with van der Waals surface area (Å²) < 4.78 is 0. The Hall–Kier alpha value is -2.36. The Morgan fingerprint density at radius 1 is 1.35 bits per heavy atom. The van der Waals surface area contributed by atoms with Gasteiger partial charge in [0.1, 0.15) is 0 Å². The van der Waals surface area contributed by atoms with Crippen LogP contribution in [0.1, 0.15) is 21.5 Å². The van der Waals surface area contributed by atoms with Crippen LogP contribution >= 0.6 is 0 Å². The number of aryl methyl sites for hydroxylation is 1. The van der Waals surface area contributed by atoms with Crippen molar-refractivity contribution >= 4 is 11.6 Å². The van der Waals surface area contributed by atoms with Crippen molar-refractivity contribution in [1.82, 2.24) is 9.88 Å². The normalized spacial score (nSPS) is 10.2. The fraction of sp³-hybridized carbons (Fsp3) is 0.250. The summed E-state index contributed by atoms with van der Waals surface area (Å²) in [4.78, 5) is 18.3. The van der Waals surface area contributed by atoms with Crippen molar-refractivity contribution < 1.29 is 4.79 Å². The van der Waals surface area contributed by atoms with E-state index in [1.54, 1.807) is 24.3 Å². The number of pyridine rings is 1. The van der Waals surface area contributed by atoms with Gasteiger partial charge in [-0.2, -0.15) is 0 Å². The maximum atomic E-state index is 12.5. The van der Waals surface area contributed by atoms with Crippen molar-refractivity contribution in [2.75, 3.05) is 19.4 Å². The lowest BCUT2D eigenvalue weighted by molar-refractivity contribution is 0.0786. The van der Waals surface area contributed by atoms with Crippen LogP contribution in [0.25, 0.3) is 0 Å². The zero-order valence-electron chi connectivity index (χ0n) is 12.1. The zero-order chi connectivity index (χ0) is 14.5. The standard InChI is InChI=1S/C16H19N3O/c1-12-6-7-14(15(9-12)17-2)16(20)19(3)11-13-5-4-8-18-10-13/h4-10,17H,11H2,1-3H3. The second kappa shape index (κ2) is 6.19. The fourth-order valence-electron chi connectivity index (χ4n) is 2.09. The van der Waals surface area contributed by atoms with Gasteiger partial charge < -0.3 is 10.2 Å². The molecular weight excluding hydrogens is 250 g/mol. The van der Waals surface area contributed by atoms with Crippen LogP contribution in [-0.4, -0.2) is 29.9 Å². The number of nitrogens with one attached hydrogen (secondary N) is 1. The minimum absolute atomic E-state index is 0.00166. The summed E-state index contributed by atoms with van der Waals surface area (Å²) in [5.74, 6) is -0.00166. The van der Waals surface area contributed by atoms with Crippen LogP contribution in [-0.2, 0) is 6.54 Å².